The van der Waals surface area contributed by atoms with E-state index in [0.717, 1.165) is 30.5 Å². The van der Waals surface area contributed by atoms with E-state index in [-0.39, 0.29) is 31.2 Å². The van der Waals surface area contributed by atoms with Gasteiger partial charge in [0.25, 0.3) is 5.91 Å². The Hall–Kier alpha value is -3.12. The van der Waals surface area contributed by atoms with Crippen LogP contribution < -0.4 is 5.32 Å². The highest BCUT2D eigenvalue weighted by Crippen LogP contribution is 2.41. The lowest BCUT2D eigenvalue weighted by molar-refractivity contribution is -0.0893. The van der Waals surface area contributed by atoms with Crippen molar-refractivity contribution in [1.82, 2.24) is 34.8 Å². The molecule has 3 aromatic rings. The molecule has 1 aliphatic heterocycles. The monoisotopic (exact) mass is 523 g/mol. The molecule has 1 amide bonds. The molecule has 1 aromatic carbocycles. The van der Waals surface area contributed by atoms with E-state index < -0.39 is 5.60 Å². The Morgan fingerprint density at radius 3 is 2.87 bits per heavy atom. The van der Waals surface area contributed by atoms with Crippen LogP contribution in [0, 0.1) is 0 Å². The molecule has 204 valence electrons. The highest BCUT2D eigenvalue weighted by molar-refractivity contribution is 5.98. The van der Waals surface area contributed by atoms with Gasteiger partial charge in [-0.15, -0.1) is 5.10 Å². The predicted molar refractivity (Wildman–Crippen MR) is 140 cm³/mol. The smallest absolute Gasteiger partial charge is 0.275 e. The fraction of sp³-hybridized carbons (Fsp3) is 0.556. The molecular weight excluding hydrogens is 486 g/mol. The number of benzene rings is 1. The number of hydrogen-bond donors (Lipinski definition) is 3. The molecule has 1 saturated heterocycles. The first-order valence-corrected chi connectivity index (χ1v) is 13.4. The van der Waals surface area contributed by atoms with Crippen molar-refractivity contribution in [3.8, 4) is 11.3 Å². The molecule has 2 aromatic heterocycles. The van der Waals surface area contributed by atoms with Crippen molar-refractivity contribution in [2.75, 3.05) is 33.4 Å². The number of aliphatic hydroxyl groups is 2. The molecule has 11 heteroatoms. The Balaban J connectivity index is 1.46. The average molecular weight is 524 g/mol. The molecule has 0 radical (unpaired) electrons. The Morgan fingerprint density at radius 2 is 2.11 bits per heavy atom. The van der Waals surface area contributed by atoms with Gasteiger partial charge in [-0.05, 0) is 19.3 Å². The number of nitrogens with zero attached hydrogens (tertiary/aromatic N) is 6. The number of rotatable bonds is 9. The number of aliphatic hydroxyl groups excluding tert-OH is 1. The zero-order chi connectivity index (χ0) is 26.5. The van der Waals surface area contributed by atoms with Crippen LogP contribution in [0.15, 0.2) is 42.9 Å². The van der Waals surface area contributed by atoms with Crippen LogP contribution in [-0.2, 0) is 17.9 Å². The molecular formula is C27H37N7O4. The van der Waals surface area contributed by atoms with Gasteiger partial charge in [-0.25, -0.2) is 4.98 Å². The average Bonchev–Trinajstić information content (AvgIpc) is 3.60. The molecule has 1 aliphatic carbocycles. The van der Waals surface area contributed by atoms with Crippen LogP contribution in [0.2, 0.25) is 0 Å². The molecule has 38 heavy (non-hydrogen) atoms. The molecule has 0 bridgehead atoms. The topological polar surface area (TPSA) is 131 Å². The summed E-state index contributed by atoms with van der Waals surface area (Å²) in [5.74, 6) is -0.116. The second-order valence-corrected chi connectivity index (χ2v) is 10.3. The first kappa shape index (κ1) is 26.5. The van der Waals surface area contributed by atoms with Crippen LogP contribution >= 0.6 is 0 Å². The number of nitrogens with one attached hydrogen (secondary N) is 1. The summed E-state index contributed by atoms with van der Waals surface area (Å²) >= 11 is 0. The lowest BCUT2D eigenvalue weighted by Crippen LogP contribution is -2.54. The minimum absolute atomic E-state index is 0.0492. The second-order valence-electron chi connectivity index (χ2n) is 10.3. The van der Waals surface area contributed by atoms with Crippen molar-refractivity contribution >= 4 is 5.91 Å². The minimum Gasteiger partial charge on any atom is -0.390 e. The number of aromatic nitrogens is 5. The largest absolute Gasteiger partial charge is 0.390 e. The first-order chi connectivity index (χ1) is 18.5. The van der Waals surface area contributed by atoms with E-state index in [1.165, 1.54) is 0 Å². The maximum absolute atomic E-state index is 14.1. The molecule has 2 fully saturated rings. The van der Waals surface area contributed by atoms with Gasteiger partial charge in [-0.1, -0.05) is 48.4 Å². The number of piperazine rings is 1. The summed E-state index contributed by atoms with van der Waals surface area (Å²) < 4.78 is 9.13. The van der Waals surface area contributed by atoms with Crippen LogP contribution in [0.3, 0.4) is 0 Å². The predicted octanol–water partition coefficient (Wildman–Crippen LogP) is 1.63. The van der Waals surface area contributed by atoms with Gasteiger partial charge in [0.15, 0.2) is 5.69 Å². The van der Waals surface area contributed by atoms with Crippen LogP contribution in [0.5, 0.6) is 0 Å². The number of aryl methyl sites for hydroxylation is 1. The fourth-order valence-electron chi connectivity index (χ4n) is 5.88. The summed E-state index contributed by atoms with van der Waals surface area (Å²) in [6.07, 6.45) is 7.48. The third-order valence-corrected chi connectivity index (χ3v) is 7.78. The molecule has 3 heterocycles. The number of methoxy groups -OCH3 is 1. The highest BCUT2D eigenvalue weighted by Gasteiger charge is 2.42. The van der Waals surface area contributed by atoms with Gasteiger partial charge in [0.2, 0.25) is 0 Å². The quantitative estimate of drug-likeness (QED) is 0.386. The molecule has 0 unspecified atom stereocenters. The van der Waals surface area contributed by atoms with Gasteiger partial charge < -0.3 is 29.7 Å². The van der Waals surface area contributed by atoms with Gasteiger partial charge in [-0.3, -0.25) is 9.48 Å². The van der Waals surface area contributed by atoms with Crippen molar-refractivity contribution in [2.24, 2.45) is 0 Å². The standard InChI is InChI=1S/C27H37N7O4/c1-38-18-27(37)11-6-5-9-23(27)34-19-29-24(25(34)20-7-3-2-4-8-20)26(36)33-14-12-28-15-22(33)10-13-32-16-21(17-35)30-31-32/h2-4,7-8,16,19,22-23,28,35,37H,5-6,9-15,17-18H2,1H3/t22-,23-,27-/m1/s1. The van der Waals surface area contributed by atoms with Crippen molar-refractivity contribution in [3.63, 3.8) is 0 Å². The van der Waals surface area contributed by atoms with Crippen LogP contribution in [0.1, 0.15) is 54.3 Å². The minimum atomic E-state index is -1.03. The van der Waals surface area contributed by atoms with E-state index in [0.29, 0.717) is 50.4 Å². The maximum Gasteiger partial charge on any atom is 0.275 e. The van der Waals surface area contributed by atoms with E-state index in [2.05, 4.69) is 20.6 Å². The molecule has 11 nitrogen and oxygen atoms in total. The summed E-state index contributed by atoms with van der Waals surface area (Å²) in [5.41, 5.74) is 1.52. The van der Waals surface area contributed by atoms with Crippen molar-refractivity contribution in [3.05, 3.63) is 54.2 Å². The summed E-state index contributed by atoms with van der Waals surface area (Å²) in [5, 5.41) is 32.3. The van der Waals surface area contributed by atoms with Crippen molar-refractivity contribution in [2.45, 2.75) is 62.9 Å². The number of carbonyl (C=O) groups is 1. The lowest BCUT2D eigenvalue weighted by Gasteiger charge is -2.41. The zero-order valence-electron chi connectivity index (χ0n) is 21.9. The highest BCUT2D eigenvalue weighted by atomic mass is 16.5. The zero-order valence-corrected chi connectivity index (χ0v) is 21.9. The Morgan fingerprint density at radius 1 is 1.26 bits per heavy atom. The SMILES string of the molecule is COC[C@]1(O)CCCC[C@H]1n1cnc(C(=O)N2CCNC[C@H]2CCn2cc(CO)nn2)c1-c1ccccc1. The van der Waals surface area contributed by atoms with E-state index in [1.54, 1.807) is 24.3 Å². The van der Waals surface area contributed by atoms with Crippen LogP contribution in [-0.4, -0.2) is 90.6 Å². The molecule has 1 saturated carbocycles. The molecule has 2 aliphatic rings. The molecule has 3 N–H and O–H groups in total. The molecule has 3 atom stereocenters. The number of ether oxygens (including phenoxy) is 1. The summed E-state index contributed by atoms with van der Waals surface area (Å²) in [4.78, 5) is 20.7. The van der Waals surface area contributed by atoms with Gasteiger partial charge in [0.1, 0.15) is 11.3 Å². The number of hydrogen-bond acceptors (Lipinski definition) is 8. The number of imidazole rings is 1. The first-order valence-electron chi connectivity index (χ1n) is 13.4. The summed E-state index contributed by atoms with van der Waals surface area (Å²) in [6, 6.07) is 9.54. The van der Waals surface area contributed by atoms with Gasteiger partial charge in [0, 0.05) is 44.9 Å². The van der Waals surface area contributed by atoms with Crippen molar-refractivity contribution < 1.29 is 19.7 Å². The lowest BCUT2D eigenvalue weighted by atomic mass is 9.80. The summed E-state index contributed by atoms with van der Waals surface area (Å²) in [6.45, 7) is 2.60. The van der Waals surface area contributed by atoms with E-state index in [4.69, 9.17) is 4.74 Å². The Kier molecular flexibility index (Phi) is 8.18. The van der Waals surface area contributed by atoms with Gasteiger partial charge in [0.05, 0.1) is 37.5 Å². The normalized spacial score (nSPS) is 24.0. The Labute approximate surface area is 222 Å². The second kappa shape index (κ2) is 11.7. The maximum atomic E-state index is 14.1. The number of carbonyl (C=O) groups excluding carboxylic acids is 1. The summed E-state index contributed by atoms with van der Waals surface area (Å²) in [7, 11) is 1.61. The van der Waals surface area contributed by atoms with Crippen LogP contribution in [0.25, 0.3) is 11.3 Å². The van der Waals surface area contributed by atoms with Gasteiger partial charge in [-0.2, -0.15) is 0 Å². The Bertz CT molecular complexity index is 1210. The molecule has 0 spiro atoms. The van der Waals surface area contributed by atoms with E-state index >= 15 is 0 Å². The molecule has 5 rings (SSSR count). The van der Waals surface area contributed by atoms with Crippen LogP contribution in [0.4, 0.5) is 0 Å². The van der Waals surface area contributed by atoms with E-state index in [1.807, 2.05) is 39.8 Å². The van der Waals surface area contributed by atoms with Crippen molar-refractivity contribution in [1.29, 1.82) is 0 Å². The van der Waals surface area contributed by atoms with E-state index in [9.17, 15) is 15.0 Å². The fourth-order valence-corrected chi connectivity index (χ4v) is 5.88. The third-order valence-electron chi connectivity index (χ3n) is 7.78. The third kappa shape index (κ3) is 5.37. The van der Waals surface area contributed by atoms with Gasteiger partial charge >= 0.3 is 0 Å². The number of amides is 1.